The zero-order valence-corrected chi connectivity index (χ0v) is 12.5. The quantitative estimate of drug-likeness (QED) is 0.498. The molecule has 3 N–H and O–H groups in total. The third kappa shape index (κ3) is 1.07. The van der Waals surface area contributed by atoms with Crippen LogP contribution in [0.4, 0.5) is 0 Å². The Kier molecular flexibility index (Phi) is 2.40. The highest BCUT2D eigenvalue weighted by Crippen LogP contribution is 2.72. The van der Waals surface area contributed by atoms with Gasteiger partial charge in [-0.05, 0) is 32.1 Å². The molecule has 2 spiro atoms. The van der Waals surface area contributed by atoms with Gasteiger partial charge < -0.3 is 24.8 Å². The Labute approximate surface area is 127 Å². The summed E-state index contributed by atoms with van der Waals surface area (Å²) in [4.78, 5) is 24.4. The molecular weight excluding hydrogens is 292 g/mol. The van der Waals surface area contributed by atoms with Crippen molar-refractivity contribution >= 4 is 11.9 Å². The van der Waals surface area contributed by atoms with Gasteiger partial charge in [0, 0.05) is 5.41 Å². The number of rotatable bonds is 0. The number of carbonyl (C=O) groups excluding carboxylic acids is 2. The molecule has 0 aromatic carbocycles. The van der Waals surface area contributed by atoms with Crippen LogP contribution in [-0.4, -0.2) is 57.3 Å². The molecule has 4 fully saturated rings. The van der Waals surface area contributed by atoms with Crippen LogP contribution in [0.3, 0.4) is 0 Å². The van der Waals surface area contributed by atoms with Gasteiger partial charge in [-0.2, -0.15) is 0 Å². The summed E-state index contributed by atoms with van der Waals surface area (Å²) >= 11 is 0. The lowest BCUT2D eigenvalue weighted by Gasteiger charge is -2.68. The molecule has 7 atom stereocenters. The van der Waals surface area contributed by atoms with E-state index in [0.717, 1.165) is 0 Å². The van der Waals surface area contributed by atoms with Crippen LogP contribution in [0.2, 0.25) is 0 Å². The van der Waals surface area contributed by atoms with Crippen molar-refractivity contribution in [3.63, 3.8) is 0 Å². The molecule has 2 bridgehead atoms. The summed E-state index contributed by atoms with van der Waals surface area (Å²) in [5.74, 6) is -1.70. The molecule has 2 aliphatic heterocycles. The van der Waals surface area contributed by atoms with Crippen molar-refractivity contribution in [3.05, 3.63) is 0 Å². The van der Waals surface area contributed by atoms with Gasteiger partial charge in [0.15, 0.2) is 11.5 Å². The zero-order chi connectivity index (χ0) is 16.1. The summed E-state index contributed by atoms with van der Waals surface area (Å²) in [6, 6.07) is 0. The number of aliphatic hydroxyl groups is 3. The minimum atomic E-state index is -1.74. The topological polar surface area (TPSA) is 113 Å². The van der Waals surface area contributed by atoms with Crippen LogP contribution in [0, 0.1) is 16.7 Å². The van der Waals surface area contributed by atoms with Crippen LogP contribution in [0.5, 0.6) is 0 Å². The fourth-order valence-electron chi connectivity index (χ4n) is 5.60. The van der Waals surface area contributed by atoms with E-state index in [1.54, 1.807) is 0 Å². The average molecular weight is 312 g/mol. The second-order valence-corrected chi connectivity index (χ2v) is 7.50. The molecule has 22 heavy (non-hydrogen) atoms. The first-order chi connectivity index (χ1) is 10.1. The highest BCUT2D eigenvalue weighted by molar-refractivity contribution is 5.88. The molecular formula is C15H20O7. The first kappa shape index (κ1) is 14.4. The monoisotopic (exact) mass is 312 g/mol. The van der Waals surface area contributed by atoms with E-state index in [1.807, 2.05) is 6.92 Å². The summed E-state index contributed by atoms with van der Waals surface area (Å²) in [6.45, 7) is 3.13. The Morgan fingerprint density at radius 3 is 2.50 bits per heavy atom. The van der Waals surface area contributed by atoms with Gasteiger partial charge in [0.1, 0.15) is 18.3 Å². The van der Waals surface area contributed by atoms with E-state index < -0.39 is 46.2 Å². The molecule has 1 unspecified atom stereocenters. The highest BCUT2D eigenvalue weighted by Gasteiger charge is 2.87. The van der Waals surface area contributed by atoms with Gasteiger partial charge in [0.2, 0.25) is 0 Å². The second-order valence-electron chi connectivity index (χ2n) is 7.50. The number of cyclic esters (lactones) is 1. The molecule has 122 valence electrons. The molecule has 4 aliphatic rings. The largest absolute Gasteiger partial charge is 0.464 e. The van der Waals surface area contributed by atoms with Crippen LogP contribution >= 0.6 is 0 Å². The number of esters is 2. The highest BCUT2D eigenvalue weighted by atomic mass is 16.6. The van der Waals surface area contributed by atoms with Gasteiger partial charge in [-0.25, -0.2) is 4.79 Å². The maximum absolute atomic E-state index is 12.3. The lowest BCUT2D eigenvalue weighted by Crippen LogP contribution is -2.86. The van der Waals surface area contributed by atoms with E-state index in [9.17, 15) is 24.9 Å². The molecule has 2 aliphatic carbocycles. The summed E-state index contributed by atoms with van der Waals surface area (Å²) in [6.07, 6.45) is -1.53. The van der Waals surface area contributed by atoms with Crippen molar-refractivity contribution in [1.82, 2.24) is 0 Å². The van der Waals surface area contributed by atoms with Crippen molar-refractivity contribution in [3.8, 4) is 0 Å². The van der Waals surface area contributed by atoms with E-state index in [2.05, 4.69) is 0 Å². The summed E-state index contributed by atoms with van der Waals surface area (Å²) < 4.78 is 10.1. The van der Waals surface area contributed by atoms with Gasteiger partial charge in [-0.1, -0.05) is 6.92 Å². The molecule has 2 heterocycles. The van der Waals surface area contributed by atoms with Gasteiger partial charge in [0.05, 0.1) is 5.60 Å². The van der Waals surface area contributed by atoms with Crippen molar-refractivity contribution in [1.29, 1.82) is 0 Å². The minimum Gasteiger partial charge on any atom is -0.464 e. The van der Waals surface area contributed by atoms with Crippen molar-refractivity contribution in [2.45, 2.75) is 56.5 Å². The number of aliphatic hydroxyl groups excluding tert-OH is 1. The lowest BCUT2D eigenvalue weighted by molar-refractivity contribution is -0.359. The number of hydrogen-bond acceptors (Lipinski definition) is 7. The number of hydrogen-bond donors (Lipinski definition) is 3. The molecule has 0 aromatic heterocycles. The molecule has 0 radical (unpaired) electrons. The second kappa shape index (κ2) is 3.66. The Hall–Kier alpha value is -1.18. The Bertz CT molecular complexity index is 586. The van der Waals surface area contributed by atoms with Crippen molar-refractivity contribution < 1.29 is 34.4 Å². The smallest absolute Gasteiger partial charge is 0.336 e. The maximum Gasteiger partial charge on any atom is 0.336 e. The van der Waals surface area contributed by atoms with E-state index in [1.165, 1.54) is 6.92 Å². The van der Waals surface area contributed by atoms with Crippen LogP contribution < -0.4 is 0 Å². The number of fused-ring (bicyclic) bond motifs is 2. The predicted octanol–water partition coefficient (Wildman–Crippen LogP) is -0.882. The third-order valence-corrected chi connectivity index (χ3v) is 7.05. The fraction of sp³-hybridized carbons (Fsp3) is 0.867. The van der Waals surface area contributed by atoms with Crippen LogP contribution in [0.15, 0.2) is 0 Å². The third-order valence-electron chi connectivity index (χ3n) is 7.05. The normalized spacial score (nSPS) is 59.6. The molecule has 2 saturated carbocycles. The molecule has 0 amide bonds. The van der Waals surface area contributed by atoms with Gasteiger partial charge in [0.25, 0.3) is 0 Å². The zero-order valence-electron chi connectivity index (χ0n) is 12.5. The van der Waals surface area contributed by atoms with E-state index in [-0.39, 0.29) is 25.4 Å². The van der Waals surface area contributed by atoms with Gasteiger partial charge in [-0.3, -0.25) is 4.79 Å². The Balaban J connectivity index is 2.01. The van der Waals surface area contributed by atoms with Gasteiger partial charge >= 0.3 is 11.9 Å². The van der Waals surface area contributed by atoms with Gasteiger partial charge in [-0.15, -0.1) is 0 Å². The lowest BCUT2D eigenvalue weighted by atomic mass is 9.42. The van der Waals surface area contributed by atoms with E-state index in [4.69, 9.17) is 9.47 Å². The molecule has 7 nitrogen and oxygen atoms in total. The van der Waals surface area contributed by atoms with Crippen LogP contribution in [0.1, 0.15) is 33.1 Å². The predicted molar refractivity (Wildman–Crippen MR) is 70.3 cm³/mol. The number of ether oxygens (including phenoxy) is 2. The first-order valence-corrected chi connectivity index (χ1v) is 7.66. The molecule has 4 rings (SSSR count). The van der Waals surface area contributed by atoms with Crippen molar-refractivity contribution in [2.24, 2.45) is 16.7 Å². The average Bonchev–Trinajstić information content (AvgIpc) is 2.68. The minimum absolute atomic E-state index is 0.134. The Morgan fingerprint density at radius 1 is 1.27 bits per heavy atom. The first-order valence-electron chi connectivity index (χ1n) is 7.66. The SMILES string of the molecule is C[C@@H]1CC[C@@]2(O)C13C[C@@H](OC(=O)[C@@H]3O)[C@](C)(O)[C@@]21COC1=O. The fourth-order valence-corrected chi connectivity index (χ4v) is 5.60. The van der Waals surface area contributed by atoms with Crippen LogP contribution in [0.25, 0.3) is 0 Å². The molecule has 0 aromatic rings. The molecule has 7 heteroatoms. The standard InChI is InChI=1S/C15H20O7/c1-7-3-4-15(20)13(7)5-8(22-10(17)9(13)16)12(2,19)14(15)6-21-11(14)18/h7-9,16,19-20H,3-6H2,1-2H3/t7-,8-,9+,12+,13?,14+,15-/m1/s1. The van der Waals surface area contributed by atoms with E-state index in [0.29, 0.717) is 6.42 Å². The summed E-state index contributed by atoms with van der Waals surface area (Å²) in [7, 11) is 0. The Morgan fingerprint density at radius 2 is 1.95 bits per heavy atom. The number of carbonyl (C=O) groups is 2. The summed E-state index contributed by atoms with van der Waals surface area (Å²) in [5.41, 5.74) is -6.17. The maximum atomic E-state index is 12.3. The van der Waals surface area contributed by atoms with Crippen molar-refractivity contribution in [2.75, 3.05) is 6.61 Å². The molecule has 2 saturated heterocycles. The summed E-state index contributed by atoms with van der Waals surface area (Å²) in [5, 5.41) is 33.1. The van der Waals surface area contributed by atoms with E-state index >= 15 is 0 Å². The van der Waals surface area contributed by atoms with Crippen LogP contribution in [-0.2, 0) is 19.1 Å².